The molecule has 2 aliphatic carbocycles. The fourth-order valence-corrected chi connectivity index (χ4v) is 5.55. The Morgan fingerprint density at radius 3 is 2.59 bits per heavy atom. The van der Waals surface area contributed by atoms with Crippen molar-refractivity contribution < 1.29 is 9.59 Å². The number of aryl methyl sites for hydroxylation is 2. The third-order valence-electron chi connectivity index (χ3n) is 7.16. The van der Waals surface area contributed by atoms with Gasteiger partial charge in [-0.05, 0) is 65.2 Å². The molecule has 0 atom stereocenters. The number of carbonyl (C=O) groups is 2. The Balaban J connectivity index is 1.46. The number of hydrogen-bond donors (Lipinski definition) is 1. The van der Waals surface area contributed by atoms with Gasteiger partial charge in [0.25, 0.3) is 0 Å². The summed E-state index contributed by atoms with van der Waals surface area (Å²) in [6, 6.07) is 13.0. The standard InChI is InChI=1S/C28H27BrN6O2/c29-21-10-6-18(7-11-21)15-25(36)33-27-24(14-17-4-2-1-3-5-17)31-26-22-12-8-20(28(37)34-35-30)16-19(22)9-13-23(26)32-27/h6-8,10-12,16-17H,1-5,9,13-15H2,(H,32,33,36). The molecule has 1 saturated carbocycles. The van der Waals surface area contributed by atoms with E-state index in [1.807, 2.05) is 30.3 Å². The van der Waals surface area contributed by atoms with Crippen LogP contribution in [0.3, 0.4) is 0 Å². The Kier molecular flexibility index (Phi) is 7.63. The fraction of sp³-hybridized carbons (Fsp3) is 0.357. The van der Waals surface area contributed by atoms with Crippen LogP contribution in [-0.2, 0) is 30.5 Å². The van der Waals surface area contributed by atoms with E-state index in [-0.39, 0.29) is 12.3 Å². The summed E-state index contributed by atoms with van der Waals surface area (Å²) in [6.07, 6.45) is 8.40. The lowest BCUT2D eigenvalue weighted by Gasteiger charge is -2.25. The topological polar surface area (TPSA) is 121 Å². The summed E-state index contributed by atoms with van der Waals surface area (Å²) in [6.45, 7) is 0. The van der Waals surface area contributed by atoms with Crippen molar-refractivity contribution in [2.45, 2.75) is 57.8 Å². The van der Waals surface area contributed by atoms with Crippen molar-refractivity contribution in [3.8, 4) is 11.3 Å². The van der Waals surface area contributed by atoms with Crippen LogP contribution in [0.1, 0.15) is 65.0 Å². The van der Waals surface area contributed by atoms with Gasteiger partial charge in [-0.2, -0.15) is 0 Å². The van der Waals surface area contributed by atoms with Gasteiger partial charge in [0.15, 0.2) is 5.82 Å². The third kappa shape index (κ3) is 5.89. The second-order valence-corrected chi connectivity index (χ2v) is 10.7. The molecular weight excluding hydrogens is 532 g/mol. The Morgan fingerprint density at radius 1 is 1.05 bits per heavy atom. The maximum absolute atomic E-state index is 13.0. The van der Waals surface area contributed by atoms with E-state index in [0.29, 0.717) is 30.1 Å². The van der Waals surface area contributed by atoms with Crippen molar-refractivity contribution in [2.24, 2.45) is 11.0 Å². The fourth-order valence-electron chi connectivity index (χ4n) is 5.28. The molecule has 37 heavy (non-hydrogen) atoms. The summed E-state index contributed by atoms with van der Waals surface area (Å²) in [4.78, 5) is 37.6. The molecular formula is C28H27BrN6O2. The van der Waals surface area contributed by atoms with Gasteiger partial charge in [0.1, 0.15) is 0 Å². The lowest BCUT2D eigenvalue weighted by molar-refractivity contribution is -0.115. The molecule has 2 aromatic carbocycles. The van der Waals surface area contributed by atoms with Gasteiger partial charge in [-0.15, -0.1) is 0 Å². The highest BCUT2D eigenvalue weighted by Gasteiger charge is 2.25. The van der Waals surface area contributed by atoms with Gasteiger partial charge in [-0.1, -0.05) is 72.3 Å². The van der Waals surface area contributed by atoms with Crippen LogP contribution < -0.4 is 5.32 Å². The van der Waals surface area contributed by atoms with Gasteiger partial charge in [0.05, 0.1) is 23.5 Å². The number of hydrogen-bond acceptors (Lipinski definition) is 4. The quantitative estimate of drug-likeness (QED) is 0.204. The predicted octanol–water partition coefficient (Wildman–Crippen LogP) is 6.76. The largest absolute Gasteiger partial charge is 0.309 e. The number of carbonyl (C=O) groups excluding carboxylic acids is 2. The SMILES string of the molecule is [N-]=[N+]=NC(=O)c1ccc2c(c1)CCc1nc(NC(=O)Cc3ccc(Br)cc3)c(CC3CCCCC3)nc1-2. The van der Waals surface area contributed by atoms with Crippen LogP contribution >= 0.6 is 15.9 Å². The molecule has 3 aromatic rings. The second kappa shape index (κ2) is 11.2. The van der Waals surface area contributed by atoms with Crippen molar-refractivity contribution in [3.05, 3.63) is 85.5 Å². The van der Waals surface area contributed by atoms with Crippen molar-refractivity contribution in [3.63, 3.8) is 0 Å². The summed E-state index contributed by atoms with van der Waals surface area (Å²) in [7, 11) is 0. The molecule has 5 rings (SSSR count). The predicted molar refractivity (Wildman–Crippen MR) is 145 cm³/mol. The van der Waals surface area contributed by atoms with E-state index in [1.165, 1.54) is 19.3 Å². The summed E-state index contributed by atoms with van der Waals surface area (Å²) in [5.41, 5.74) is 14.3. The third-order valence-corrected chi connectivity index (χ3v) is 7.69. The van der Waals surface area contributed by atoms with Crippen molar-refractivity contribution in [1.29, 1.82) is 0 Å². The average Bonchev–Trinajstić information content (AvgIpc) is 2.90. The highest BCUT2D eigenvalue weighted by atomic mass is 79.9. The van der Waals surface area contributed by atoms with Gasteiger partial charge < -0.3 is 5.32 Å². The zero-order valence-corrected chi connectivity index (χ0v) is 22.0. The van der Waals surface area contributed by atoms with Crippen LogP contribution in [0.2, 0.25) is 0 Å². The number of nitrogens with one attached hydrogen (secondary N) is 1. The Labute approximate surface area is 223 Å². The number of fused-ring (bicyclic) bond motifs is 3. The maximum atomic E-state index is 13.0. The van der Waals surface area contributed by atoms with Gasteiger partial charge in [0, 0.05) is 20.5 Å². The number of azide groups is 1. The van der Waals surface area contributed by atoms with E-state index in [1.54, 1.807) is 12.1 Å². The first-order chi connectivity index (χ1) is 18.0. The van der Waals surface area contributed by atoms with Gasteiger partial charge in [-0.25, -0.2) is 9.97 Å². The molecule has 0 radical (unpaired) electrons. The second-order valence-electron chi connectivity index (χ2n) is 9.74. The van der Waals surface area contributed by atoms with E-state index in [0.717, 1.165) is 57.5 Å². The molecule has 8 nitrogen and oxygen atoms in total. The minimum atomic E-state index is -0.594. The number of anilines is 1. The lowest BCUT2D eigenvalue weighted by atomic mass is 9.85. The van der Waals surface area contributed by atoms with E-state index in [4.69, 9.17) is 15.5 Å². The smallest absolute Gasteiger partial charge is 0.249 e. The molecule has 1 aromatic heterocycles. The average molecular weight is 559 g/mol. The van der Waals surface area contributed by atoms with Gasteiger partial charge in [0.2, 0.25) is 11.8 Å². The van der Waals surface area contributed by atoms with E-state index in [9.17, 15) is 9.59 Å². The Hall–Kier alpha value is -3.55. The molecule has 0 bridgehead atoms. The van der Waals surface area contributed by atoms with Crippen LogP contribution in [-0.4, -0.2) is 21.8 Å². The van der Waals surface area contributed by atoms with Crippen molar-refractivity contribution in [2.75, 3.05) is 5.32 Å². The zero-order valence-electron chi connectivity index (χ0n) is 20.4. The van der Waals surface area contributed by atoms with Gasteiger partial charge >= 0.3 is 0 Å². The Morgan fingerprint density at radius 2 is 1.84 bits per heavy atom. The molecule has 1 heterocycles. The number of benzene rings is 2. The molecule has 1 fully saturated rings. The van der Waals surface area contributed by atoms with Crippen molar-refractivity contribution in [1.82, 2.24) is 9.97 Å². The number of rotatable bonds is 6. The molecule has 1 N–H and O–H groups in total. The number of nitrogens with zero attached hydrogens (tertiary/aromatic N) is 5. The first kappa shape index (κ1) is 25.1. The van der Waals surface area contributed by atoms with E-state index < -0.39 is 5.91 Å². The molecule has 2 aliphatic rings. The van der Waals surface area contributed by atoms with E-state index >= 15 is 0 Å². The van der Waals surface area contributed by atoms with E-state index in [2.05, 4.69) is 31.3 Å². The maximum Gasteiger partial charge on any atom is 0.249 e. The monoisotopic (exact) mass is 558 g/mol. The van der Waals surface area contributed by atoms with Crippen LogP contribution in [0, 0.1) is 5.92 Å². The normalized spacial score (nSPS) is 14.7. The van der Waals surface area contributed by atoms with Crippen LogP contribution in [0.5, 0.6) is 0 Å². The molecule has 0 saturated heterocycles. The van der Waals surface area contributed by atoms with Crippen LogP contribution in [0.25, 0.3) is 21.7 Å². The number of aromatic nitrogens is 2. The molecule has 188 valence electrons. The molecule has 0 unspecified atom stereocenters. The molecule has 2 amide bonds. The minimum Gasteiger partial charge on any atom is -0.309 e. The zero-order chi connectivity index (χ0) is 25.8. The molecule has 0 aliphatic heterocycles. The Bertz CT molecular complexity index is 1390. The summed E-state index contributed by atoms with van der Waals surface area (Å²) >= 11 is 3.43. The lowest BCUT2D eigenvalue weighted by Crippen LogP contribution is -2.21. The highest BCUT2D eigenvalue weighted by Crippen LogP contribution is 2.35. The van der Waals surface area contributed by atoms with Gasteiger partial charge in [-0.3, -0.25) is 9.59 Å². The van der Waals surface area contributed by atoms with Crippen LogP contribution in [0.15, 0.2) is 52.1 Å². The number of halogens is 1. The minimum absolute atomic E-state index is 0.112. The number of amides is 2. The highest BCUT2D eigenvalue weighted by molar-refractivity contribution is 9.10. The van der Waals surface area contributed by atoms with Crippen LogP contribution in [0.4, 0.5) is 5.82 Å². The first-order valence-corrected chi connectivity index (χ1v) is 13.5. The van der Waals surface area contributed by atoms with Crippen molar-refractivity contribution >= 4 is 33.6 Å². The first-order valence-electron chi connectivity index (χ1n) is 12.7. The molecule has 9 heteroatoms. The summed E-state index contributed by atoms with van der Waals surface area (Å²) in [5.74, 6) is 0.378. The summed E-state index contributed by atoms with van der Waals surface area (Å²) in [5, 5.41) is 6.27. The molecule has 0 spiro atoms. The summed E-state index contributed by atoms with van der Waals surface area (Å²) < 4.78 is 0.974.